The molecule has 3 heterocycles. The van der Waals surface area contributed by atoms with E-state index in [4.69, 9.17) is 4.74 Å². The highest BCUT2D eigenvalue weighted by atomic mass is 32.1. The van der Waals surface area contributed by atoms with E-state index in [2.05, 4.69) is 26.6 Å². The Hall–Kier alpha value is -2.29. The SMILES string of the molecule is C[C@H](NC(=O)C(=O)NCc1cccnc1)[C@H](c1cccs1)N1CCOCC1. The maximum absolute atomic E-state index is 12.4. The standard InChI is InChI=1S/C19H24N4O3S/c1-14(17(16-5-3-11-27-16)23-7-9-26-10-8-23)22-19(25)18(24)21-13-15-4-2-6-20-12-15/h2-6,11-12,14,17H,7-10,13H2,1H3,(H,21,24)(H,22,25)/t14-,17+/m0/s1. The van der Waals surface area contributed by atoms with Crippen LogP contribution in [0.3, 0.4) is 0 Å². The number of thiophene rings is 1. The van der Waals surface area contributed by atoms with Crippen molar-refractivity contribution in [3.8, 4) is 0 Å². The number of amides is 2. The third kappa shape index (κ3) is 5.35. The van der Waals surface area contributed by atoms with Crippen molar-refractivity contribution in [2.45, 2.75) is 25.6 Å². The minimum Gasteiger partial charge on any atom is -0.379 e. The fourth-order valence-electron chi connectivity index (χ4n) is 3.17. The first-order chi connectivity index (χ1) is 13.1. The summed E-state index contributed by atoms with van der Waals surface area (Å²) < 4.78 is 5.45. The number of hydrogen-bond acceptors (Lipinski definition) is 6. The summed E-state index contributed by atoms with van der Waals surface area (Å²) in [5.74, 6) is -1.26. The van der Waals surface area contributed by atoms with Crippen LogP contribution in [-0.2, 0) is 20.9 Å². The molecule has 2 aromatic rings. The highest BCUT2D eigenvalue weighted by molar-refractivity contribution is 7.10. The van der Waals surface area contributed by atoms with Crippen molar-refractivity contribution in [3.05, 3.63) is 52.5 Å². The van der Waals surface area contributed by atoms with Crippen molar-refractivity contribution < 1.29 is 14.3 Å². The van der Waals surface area contributed by atoms with Crippen molar-refractivity contribution in [1.29, 1.82) is 0 Å². The number of pyridine rings is 1. The van der Waals surface area contributed by atoms with Crippen molar-refractivity contribution in [1.82, 2.24) is 20.5 Å². The van der Waals surface area contributed by atoms with Crippen LogP contribution < -0.4 is 10.6 Å². The monoisotopic (exact) mass is 388 g/mol. The largest absolute Gasteiger partial charge is 0.379 e. The Morgan fingerprint density at radius 2 is 2.07 bits per heavy atom. The quantitative estimate of drug-likeness (QED) is 0.730. The van der Waals surface area contributed by atoms with Gasteiger partial charge in [-0.25, -0.2) is 0 Å². The van der Waals surface area contributed by atoms with Crippen LogP contribution in [0, 0.1) is 0 Å². The lowest BCUT2D eigenvalue weighted by Gasteiger charge is -2.37. The van der Waals surface area contributed by atoms with Crippen LogP contribution in [0.15, 0.2) is 42.0 Å². The first-order valence-corrected chi connectivity index (χ1v) is 9.86. The van der Waals surface area contributed by atoms with Crippen molar-refractivity contribution >= 4 is 23.2 Å². The Bertz CT molecular complexity index is 733. The minimum absolute atomic E-state index is 0.0176. The number of aromatic nitrogens is 1. The Balaban J connectivity index is 1.59. The van der Waals surface area contributed by atoms with Gasteiger partial charge in [-0.1, -0.05) is 12.1 Å². The minimum atomic E-state index is -0.641. The number of rotatable bonds is 6. The van der Waals surface area contributed by atoms with Gasteiger partial charge in [0, 0.05) is 42.9 Å². The fraction of sp³-hybridized carbons (Fsp3) is 0.421. The van der Waals surface area contributed by atoms with E-state index in [9.17, 15) is 9.59 Å². The highest BCUT2D eigenvalue weighted by Gasteiger charge is 2.30. The van der Waals surface area contributed by atoms with Crippen LogP contribution in [0.5, 0.6) is 0 Å². The summed E-state index contributed by atoms with van der Waals surface area (Å²) in [6, 6.07) is 7.51. The molecule has 0 unspecified atom stereocenters. The van der Waals surface area contributed by atoms with Gasteiger partial charge < -0.3 is 15.4 Å². The summed E-state index contributed by atoms with van der Waals surface area (Å²) in [5, 5.41) is 7.52. The molecule has 3 rings (SSSR count). The molecule has 2 aromatic heterocycles. The number of nitrogens with zero attached hydrogens (tertiary/aromatic N) is 2. The molecule has 0 spiro atoms. The second-order valence-electron chi connectivity index (χ2n) is 6.41. The van der Waals surface area contributed by atoms with Crippen LogP contribution >= 0.6 is 11.3 Å². The number of hydrogen-bond donors (Lipinski definition) is 2. The molecule has 2 amide bonds. The lowest BCUT2D eigenvalue weighted by atomic mass is 10.1. The smallest absolute Gasteiger partial charge is 0.309 e. The molecule has 27 heavy (non-hydrogen) atoms. The van der Waals surface area contributed by atoms with E-state index < -0.39 is 11.8 Å². The third-order valence-corrected chi connectivity index (χ3v) is 5.43. The molecule has 1 saturated heterocycles. The zero-order valence-electron chi connectivity index (χ0n) is 15.3. The van der Waals surface area contributed by atoms with Crippen LogP contribution in [0.2, 0.25) is 0 Å². The number of carbonyl (C=O) groups is 2. The van der Waals surface area contributed by atoms with E-state index in [0.717, 1.165) is 18.7 Å². The molecule has 1 aliphatic heterocycles. The van der Waals surface area contributed by atoms with Gasteiger partial charge in [0.05, 0.1) is 19.3 Å². The fourth-order valence-corrected chi connectivity index (χ4v) is 4.14. The first kappa shape index (κ1) is 19.5. The van der Waals surface area contributed by atoms with Crippen molar-refractivity contribution in [3.63, 3.8) is 0 Å². The van der Waals surface area contributed by atoms with Crippen LogP contribution in [0.1, 0.15) is 23.4 Å². The van der Waals surface area contributed by atoms with E-state index >= 15 is 0 Å². The topological polar surface area (TPSA) is 83.6 Å². The zero-order valence-corrected chi connectivity index (χ0v) is 16.1. The van der Waals surface area contributed by atoms with E-state index in [0.29, 0.717) is 13.2 Å². The molecule has 2 atom stereocenters. The third-order valence-electron chi connectivity index (χ3n) is 4.49. The average Bonchev–Trinajstić information content (AvgIpc) is 3.22. The second kappa shape index (κ2) is 9.59. The van der Waals surface area contributed by atoms with Gasteiger partial charge in [-0.3, -0.25) is 19.5 Å². The van der Waals surface area contributed by atoms with Gasteiger partial charge in [-0.15, -0.1) is 11.3 Å². The van der Waals surface area contributed by atoms with Crippen molar-refractivity contribution in [2.75, 3.05) is 26.3 Å². The molecule has 1 aliphatic rings. The van der Waals surface area contributed by atoms with Gasteiger partial charge in [-0.2, -0.15) is 0 Å². The lowest BCUT2D eigenvalue weighted by molar-refractivity contribution is -0.140. The summed E-state index contributed by atoms with van der Waals surface area (Å²) in [6.07, 6.45) is 3.32. The predicted molar refractivity (Wildman–Crippen MR) is 103 cm³/mol. The average molecular weight is 388 g/mol. The van der Waals surface area contributed by atoms with Gasteiger partial charge in [0.2, 0.25) is 0 Å². The van der Waals surface area contributed by atoms with Gasteiger partial charge in [0.15, 0.2) is 0 Å². The molecular formula is C19H24N4O3S. The maximum Gasteiger partial charge on any atom is 0.309 e. The highest BCUT2D eigenvalue weighted by Crippen LogP contribution is 2.29. The van der Waals surface area contributed by atoms with Crippen LogP contribution in [0.4, 0.5) is 0 Å². The summed E-state index contributed by atoms with van der Waals surface area (Å²) in [6.45, 7) is 5.16. The molecule has 0 radical (unpaired) electrons. The number of nitrogens with one attached hydrogen (secondary N) is 2. The van der Waals surface area contributed by atoms with Crippen molar-refractivity contribution in [2.24, 2.45) is 0 Å². The Morgan fingerprint density at radius 1 is 1.26 bits per heavy atom. The van der Waals surface area contributed by atoms with Crippen LogP contribution in [0.25, 0.3) is 0 Å². The lowest BCUT2D eigenvalue weighted by Crippen LogP contribution is -2.51. The summed E-state index contributed by atoms with van der Waals surface area (Å²) in [5.41, 5.74) is 0.844. The van der Waals surface area contributed by atoms with Gasteiger partial charge >= 0.3 is 11.8 Å². The number of morpholine rings is 1. The predicted octanol–water partition coefficient (Wildman–Crippen LogP) is 1.34. The van der Waals surface area contributed by atoms with Gasteiger partial charge in [-0.05, 0) is 30.0 Å². The molecule has 8 heteroatoms. The Labute approximate surface area is 162 Å². The van der Waals surface area contributed by atoms with E-state index in [1.807, 2.05) is 24.4 Å². The van der Waals surface area contributed by atoms with E-state index in [-0.39, 0.29) is 18.6 Å². The molecular weight excluding hydrogens is 364 g/mol. The molecule has 0 aliphatic carbocycles. The maximum atomic E-state index is 12.4. The zero-order chi connectivity index (χ0) is 19.1. The molecule has 7 nitrogen and oxygen atoms in total. The molecule has 2 N–H and O–H groups in total. The molecule has 0 saturated carbocycles. The Kier molecular flexibility index (Phi) is 6.92. The molecule has 0 bridgehead atoms. The van der Waals surface area contributed by atoms with Gasteiger partial charge in [0.25, 0.3) is 0 Å². The van der Waals surface area contributed by atoms with Gasteiger partial charge in [0.1, 0.15) is 0 Å². The summed E-state index contributed by atoms with van der Waals surface area (Å²) >= 11 is 1.65. The van der Waals surface area contributed by atoms with E-state index in [1.165, 1.54) is 4.88 Å². The first-order valence-electron chi connectivity index (χ1n) is 8.98. The Morgan fingerprint density at radius 3 is 2.74 bits per heavy atom. The molecule has 0 aromatic carbocycles. The summed E-state index contributed by atoms with van der Waals surface area (Å²) in [7, 11) is 0. The summed E-state index contributed by atoms with van der Waals surface area (Å²) in [4.78, 5) is 32.0. The van der Waals surface area contributed by atoms with Crippen LogP contribution in [-0.4, -0.2) is 54.0 Å². The number of ether oxygens (including phenoxy) is 1. The normalized spacial score (nSPS) is 17.1. The molecule has 1 fully saturated rings. The molecule has 144 valence electrons. The van der Waals surface area contributed by atoms with E-state index in [1.54, 1.807) is 29.8 Å². The second-order valence-corrected chi connectivity index (χ2v) is 7.39. The number of carbonyl (C=O) groups excluding carboxylic acids is 2.